The van der Waals surface area contributed by atoms with Gasteiger partial charge in [-0.25, -0.2) is 0 Å². The third-order valence-corrected chi connectivity index (χ3v) is 6.76. The first-order chi connectivity index (χ1) is 13.7. The Hall–Kier alpha value is -2.07. The minimum Gasteiger partial charge on any atom is -0.192 e. The molecule has 1 fully saturated rings. The minimum atomic E-state index is 0.659. The van der Waals surface area contributed by atoms with E-state index in [-0.39, 0.29) is 0 Å². The van der Waals surface area contributed by atoms with Gasteiger partial charge in [0.25, 0.3) is 0 Å². The molecule has 1 unspecified atom stereocenters. The van der Waals surface area contributed by atoms with E-state index >= 15 is 0 Å². The summed E-state index contributed by atoms with van der Waals surface area (Å²) in [5.74, 6) is 2.21. The van der Waals surface area contributed by atoms with Crippen LogP contribution in [0.5, 0.6) is 0 Å². The average molecular weight is 374 g/mol. The van der Waals surface area contributed by atoms with E-state index in [0.717, 1.165) is 11.5 Å². The van der Waals surface area contributed by atoms with E-state index < -0.39 is 0 Å². The van der Waals surface area contributed by atoms with Gasteiger partial charge >= 0.3 is 0 Å². The van der Waals surface area contributed by atoms with E-state index in [0.29, 0.717) is 11.8 Å². The summed E-state index contributed by atoms with van der Waals surface area (Å²) in [6, 6.07) is 20.0. The molecule has 0 amide bonds. The molecule has 1 nitrogen and oxygen atoms in total. The fraction of sp³-hybridized carbons (Fsp3) is 0.519. The summed E-state index contributed by atoms with van der Waals surface area (Å²) < 4.78 is 0. The molecule has 0 radical (unpaired) electrons. The lowest BCUT2D eigenvalue weighted by Gasteiger charge is -2.29. The molecule has 0 saturated heterocycles. The second-order valence-corrected chi connectivity index (χ2v) is 8.64. The fourth-order valence-corrected chi connectivity index (χ4v) is 4.79. The van der Waals surface area contributed by atoms with Crippen molar-refractivity contribution < 1.29 is 0 Å². The van der Waals surface area contributed by atoms with Crippen molar-refractivity contribution in [3.8, 4) is 6.07 Å². The average Bonchev–Trinajstić information content (AvgIpc) is 2.77. The van der Waals surface area contributed by atoms with Crippen LogP contribution in [0.1, 0.15) is 99.3 Å². The first kappa shape index (κ1) is 20.7. The molecule has 0 heterocycles. The molecule has 1 atom stereocenters. The van der Waals surface area contributed by atoms with Gasteiger partial charge in [0.1, 0.15) is 0 Å². The predicted octanol–water partition coefficient (Wildman–Crippen LogP) is 7.76. The van der Waals surface area contributed by atoms with Crippen molar-refractivity contribution in [1.29, 1.82) is 5.26 Å². The van der Waals surface area contributed by atoms with Crippen LogP contribution in [0, 0.1) is 17.2 Å². The summed E-state index contributed by atoms with van der Waals surface area (Å²) in [5.41, 5.74) is 5.21. The van der Waals surface area contributed by atoms with Crippen molar-refractivity contribution in [2.24, 2.45) is 5.92 Å². The largest absolute Gasteiger partial charge is 0.192 e. The zero-order valence-corrected chi connectivity index (χ0v) is 17.7. The number of hydrogen-bond acceptors (Lipinski definition) is 1. The highest BCUT2D eigenvalue weighted by Gasteiger charge is 2.23. The maximum absolute atomic E-state index is 8.97. The number of nitriles is 1. The molecular weight excluding hydrogens is 338 g/mol. The molecule has 2 aromatic carbocycles. The zero-order valence-electron chi connectivity index (χ0n) is 17.7. The second kappa shape index (κ2) is 10.5. The summed E-state index contributed by atoms with van der Waals surface area (Å²) in [6.07, 6.45) is 11.6. The van der Waals surface area contributed by atoms with E-state index in [2.05, 4.69) is 56.3 Å². The van der Waals surface area contributed by atoms with Crippen molar-refractivity contribution in [2.45, 2.75) is 83.5 Å². The van der Waals surface area contributed by atoms with E-state index in [1.807, 2.05) is 12.1 Å². The molecule has 0 bridgehead atoms. The van der Waals surface area contributed by atoms with Crippen molar-refractivity contribution in [3.63, 3.8) is 0 Å². The normalized spacial score (nSPS) is 20.5. The van der Waals surface area contributed by atoms with E-state index in [4.69, 9.17) is 5.26 Å². The van der Waals surface area contributed by atoms with Crippen molar-refractivity contribution in [2.75, 3.05) is 0 Å². The molecule has 28 heavy (non-hydrogen) atoms. The number of hydrogen-bond donors (Lipinski definition) is 0. The highest BCUT2D eigenvalue weighted by atomic mass is 14.3. The Labute approximate surface area is 171 Å². The van der Waals surface area contributed by atoms with Crippen molar-refractivity contribution >= 4 is 0 Å². The number of benzene rings is 2. The quantitative estimate of drug-likeness (QED) is 0.464. The summed E-state index contributed by atoms with van der Waals surface area (Å²) >= 11 is 0. The topological polar surface area (TPSA) is 23.8 Å². The second-order valence-electron chi connectivity index (χ2n) is 8.64. The molecule has 148 valence electrons. The monoisotopic (exact) mass is 373 g/mol. The molecule has 1 saturated carbocycles. The first-order valence-corrected chi connectivity index (χ1v) is 11.3. The van der Waals surface area contributed by atoms with Gasteiger partial charge in [0.2, 0.25) is 0 Å². The van der Waals surface area contributed by atoms with Crippen LogP contribution in [0.2, 0.25) is 0 Å². The van der Waals surface area contributed by atoms with Crippen LogP contribution in [0.4, 0.5) is 0 Å². The van der Waals surface area contributed by atoms with Gasteiger partial charge in [0.05, 0.1) is 11.6 Å². The van der Waals surface area contributed by atoms with Crippen LogP contribution < -0.4 is 0 Å². The molecule has 1 heteroatoms. The molecule has 1 aliphatic rings. The molecule has 2 aromatic rings. The summed E-state index contributed by atoms with van der Waals surface area (Å²) in [7, 11) is 0. The SMILES string of the molecule is CCCCC(CC)Cc1ccc([C@H]2CC[C@H](c3ccc(C#N)cc3)CC2)cc1. The number of nitrogens with zero attached hydrogens (tertiary/aromatic N) is 1. The standard InChI is InChI=1S/C27H35N/c1-3-5-6-21(4-2)19-22-7-11-24(12-8-22)26-15-17-27(18-16-26)25-13-9-23(20-28)10-14-25/h7-14,21,26-27H,3-6,15-19H2,1-2H3/t21?,26-,27-. The zero-order chi connectivity index (χ0) is 19.8. The molecule has 0 N–H and O–H groups in total. The van der Waals surface area contributed by atoms with Crippen LogP contribution in [0.15, 0.2) is 48.5 Å². The van der Waals surface area contributed by atoms with E-state index in [9.17, 15) is 0 Å². The van der Waals surface area contributed by atoms with Crippen molar-refractivity contribution in [1.82, 2.24) is 0 Å². The molecule has 0 aromatic heterocycles. The third-order valence-electron chi connectivity index (χ3n) is 6.76. The summed E-state index contributed by atoms with van der Waals surface area (Å²) in [5, 5.41) is 8.97. The van der Waals surface area contributed by atoms with Crippen LogP contribution in [-0.2, 0) is 6.42 Å². The van der Waals surface area contributed by atoms with Crippen molar-refractivity contribution in [3.05, 3.63) is 70.8 Å². The Balaban J connectivity index is 1.53. The van der Waals surface area contributed by atoms with Gasteiger partial charge in [-0.05, 0) is 78.7 Å². The highest BCUT2D eigenvalue weighted by Crippen LogP contribution is 2.40. The maximum Gasteiger partial charge on any atom is 0.0991 e. The lowest BCUT2D eigenvalue weighted by atomic mass is 9.76. The molecule has 1 aliphatic carbocycles. The van der Waals surface area contributed by atoms with E-state index in [1.54, 1.807) is 0 Å². The summed E-state index contributed by atoms with van der Waals surface area (Å²) in [4.78, 5) is 0. The van der Waals surface area contributed by atoms with Gasteiger partial charge in [0, 0.05) is 0 Å². The van der Waals surface area contributed by atoms with Gasteiger partial charge in [-0.15, -0.1) is 0 Å². The number of unbranched alkanes of at least 4 members (excludes halogenated alkanes) is 1. The Morgan fingerprint density at radius 2 is 1.39 bits per heavy atom. The van der Waals surface area contributed by atoms with Crippen LogP contribution in [-0.4, -0.2) is 0 Å². The lowest BCUT2D eigenvalue weighted by molar-refractivity contribution is 0.396. The highest BCUT2D eigenvalue weighted by molar-refractivity contribution is 5.33. The van der Waals surface area contributed by atoms with Gasteiger partial charge < -0.3 is 0 Å². The Kier molecular flexibility index (Phi) is 7.72. The van der Waals surface area contributed by atoms with Crippen LogP contribution in [0.3, 0.4) is 0 Å². The maximum atomic E-state index is 8.97. The molecule has 3 rings (SSSR count). The minimum absolute atomic E-state index is 0.659. The Morgan fingerprint density at radius 3 is 1.86 bits per heavy atom. The van der Waals surface area contributed by atoms with E-state index in [1.165, 1.54) is 74.5 Å². The lowest BCUT2D eigenvalue weighted by Crippen LogP contribution is -2.12. The Morgan fingerprint density at radius 1 is 0.857 bits per heavy atom. The van der Waals surface area contributed by atoms with Gasteiger partial charge in [-0.2, -0.15) is 5.26 Å². The molecule has 0 spiro atoms. The predicted molar refractivity (Wildman–Crippen MR) is 119 cm³/mol. The Bertz CT molecular complexity index is 742. The van der Waals surface area contributed by atoms with Gasteiger partial charge in [-0.1, -0.05) is 75.9 Å². The first-order valence-electron chi connectivity index (χ1n) is 11.3. The summed E-state index contributed by atoms with van der Waals surface area (Å²) in [6.45, 7) is 4.62. The van der Waals surface area contributed by atoms with Gasteiger partial charge in [0.15, 0.2) is 0 Å². The third kappa shape index (κ3) is 5.48. The number of rotatable bonds is 8. The van der Waals surface area contributed by atoms with Gasteiger partial charge in [-0.3, -0.25) is 0 Å². The molecule has 0 aliphatic heterocycles. The smallest absolute Gasteiger partial charge is 0.0991 e. The van der Waals surface area contributed by atoms with Crippen LogP contribution >= 0.6 is 0 Å². The molecular formula is C27H35N. The fourth-order valence-electron chi connectivity index (χ4n) is 4.79. The van der Waals surface area contributed by atoms with Crippen LogP contribution in [0.25, 0.3) is 0 Å².